The third-order valence-electron chi connectivity index (χ3n) is 3.58. The van der Waals surface area contributed by atoms with Crippen LogP contribution in [-0.2, 0) is 11.3 Å². The molecule has 0 atom stereocenters. The van der Waals surface area contributed by atoms with E-state index in [0.29, 0.717) is 24.4 Å². The number of halogens is 1. The van der Waals surface area contributed by atoms with Gasteiger partial charge in [0.1, 0.15) is 5.41 Å². The highest BCUT2D eigenvalue weighted by molar-refractivity contribution is 6.30. The molecule has 1 aromatic carbocycles. The van der Waals surface area contributed by atoms with Crippen LogP contribution in [0, 0.1) is 5.41 Å². The van der Waals surface area contributed by atoms with Crippen LogP contribution in [0.5, 0.6) is 0 Å². The molecule has 0 unspecified atom stereocenters. The molecule has 0 saturated heterocycles. The van der Waals surface area contributed by atoms with E-state index in [1.54, 1.807) is 12.1 Å². The summed E-state index contributed by atoms with van der Waals surface area (Å²) in [7, 11) is 0. The topological polar surface area (TPSA) is 87.7 Å². The molecular weight excluding hydrogens is 278 g/mol. The number of rotatable bonds is 6. The molecule has 20 heavy (non-hydrogen) atoms. The summed E-state index contributed by atoms with van der Waals surface area (Å²) in [4.78, 5) is 12.4. The Morgan fingerprint density at radius 2 is 2.10 bits per heavy atom. The van der Waals surface area contributed by atoms with Gasteiger partial charge in [-0.2, -0.15) is 0 Å². The Balaban J connectivity index is 2.83. The zero-order valence-corrected chi connectivity index (χ0v) is 12.4. The number of hydrogen-bond donors (Lipinski definition) is 3. The molecule has 6 heteroatoms. The van der Waals surface area contributed by atoms with Crippen LogP contribution in [0.4, 0.5) is 0 Å². The van der Waals surface area contributed by atoms with Gasteiger partial charge in [0.15, 0.2) is 5.84 Å². The van der Waals surface area contributed by atoms with E-state index in [1.807, 2.05) is 26.0 Å². The number of nitrogens with zero attached hydrogens (tertiary/aromatic N) is 1. The van der Waals surface area contributed by atoms with Gasteiger partial charge < -0.3 is 16.3 Å². The van der Waals surface area contributed by atoms with Crippen LogP contribution in [0.1, 0.15) is 32.3 Å². The second-order valence-corrected chi connectivity index (χ2v) is 5.02. The summed E-state index contributed by atoms with van der Waals surface area (Å²) in [5, 5.41) is 15.3. The molecule has 4 N–H and O–H groups in total. The average molecular weight is 298 g/mol. The molecule has 1 aromatic rings. The molecule has 0 bridgehead atoms. The quantitative estimate of drug-likeness (QED) is 0.326. The summed E-state index contributed by atoms with van der Waals surface area (Å²) >= 11 is 5.89. The largest absolute Gasteiger partial charge is 0.409 e. The number of amides is 1. The van der Waals surface area contributed by atoms with E-state index in [4.69, 9.17) is 22.5 Å². The number of oxime groups is 1. The minimum absolute atomic E-state index is 0.0638. The second kappa shape index (κ2) is 7.14. The fourth-order valence-corrected chi connectivity index (χ4v) is 2.36. The van der Waals surface area contributed by atoms with Crippen LogP contribution in [0.3, 0.4) is 0 Å². The fourth-order valence-electron chi connectivity index (χ4n) is 2.14. The van der Waals surface area contributed by atoms with Gasteiger partial charge in [-0.15, -0.1) is 0 Å². The number of benzene rings is 1. The Morgan fingerprint density at radius 1 is 1.45 bits per heavy atom. The van der Waals surface area contributed by atoms with Gasteiger partial charge in [-0.05, 0) is 30.5 Å². The number of hydrogen-bond acceptors (Lipinski definition) is 3. The Bertz CT molecular complexity index is 499. The first-order chi connectivity index (χ1) is 9.50. The summed E-state index contributed by atoms with van der Waals surface area (Å²) in [5.74, 6) is -0.316. The third kappa shape index (κ3) is 3.42. The van der Waals surface area contributed by atoms with E-state index in [9.17, 15) is 4.79 Å². The third-order valence-corrected chi connectivity index (χ3v) is 3.82. The summed E-state index contributed by atoms with van der Waals surface area (Å²) in [6.07, 6.45) is 0.918. The van der Waals surface area contributed by atoms with Crippen molar-refractivity contribution in [3.63, 3.8) is 0 Å². The van der Waals surface area contributed by atoms with Crippen LogP contribution in [0.2, 0.25) is 5.02 Å². The van der Waals surface area contributed by atoms with Crippen molar-refractivity contribution in [3.05, 3.63) is 34.9 Å². The van der Waals surface area contributed by atoms with E-state index >= 15 is 0 Å². The highest BCUT2D eigenvalue weighted by atomic mass is 35.5. The molecule has 5 nitrogen and oxygen atoms in total. The molecule has 0 heterocycles. The second-order valence-electron chi connectivity index (χ2n) is 4.59. The van der Waals surface area contributed by atoms with E-state index in [2.05, 4.69) is 10.5 Å². The predicted molar refractivity (Wildman–Crippen MR) is 79.7 cm³/mol. The molecular formula is C14H20ClN3O2. The molecule has 0 saturated carbocycles. The van der Waals surface area contributed by atoms with Crippen molar-refractivity contribution < 1.29 is 10.0 Å². The van der Waals surface area contributed by atoms with E-state index < -0.39 is 5.41 Å². The number of nitrogens with one attached hydrogen (secondary N) is 1. The Morgan fingerprint density at radius 3 is 2.60 bits per heavy atom. The SMILES string of the molecule is CCC(CC)(C(=O)NCc1cccc(Cl)c1)C(N)=NO. The van der Waals surface area contributed by atoms with Gasteiger partial charge in [-0.1, -0.05) is 42.7 Å². The molecule has 0 aliphatic carbocycles. The smallest absolute Gasteiger partial charge is 0.234 e. The van der Waals surface area contributed by atoms with Crippen molar-refractivity contribution >= 4 is 23.3 Å². The number of amidine groups is 1. The van der Waals surface area contributed by atoms with Crippen LogP contribution < -0.4 is 11.1 Å². The van der Waals surface area contributed by atoms with Crippen LogP contribution in [-0.4, -0.2) is 17.0 Å². The van der Waals surface area contributed by atoms with Gasteiger partial charge >= 0.3 is 0 Å². The molecule has 0 fully saturated rings. The average Bonchev–Trinajstić information content (AvgIpc) is 2.46. The summed E-state index contributed by atoms with van der Waals surface area (Å²) in [5.41, 5.74) is 5.60. The molecule has 110 valence electrons. The highest BCUT2D eigenvalue weighted by Crippen LogP contribution is 2.27. The lowest BCUT2D eigenvalue weighted by Gasteiger charge is -2.28. The van der Waals surface area contributed by atoms with Gasteiger partial charge in [-0.25, -0.2) is 0 Å². The predicted octanol–water partition coefficient (Wildman–Crippen LogP) is 2.51. The van der Waals surface area contributed by atoms with Gasteiger partial charge in [0.2, 0.25) is 5.91 Å². The molecule has 0 aliphatic rings. The summed E-state index contributed by atoms with van der Waals surface area (Å²) in [6, 6.07) is 7.24. The lowest BCUT2D eigenvalue weighted by Crippen LogP contribution is -2.49. The number of nitrogens with two attached hydrogens (primary N) is 1. The van der Waals surface area contributed by atoms with E-state index in [0.717, 1.165) is 5.56 Å². The van der Waals surface area contributed by atoms with Gasteiger partial charge in [0, 0.05) is 11.6 Å². The minimum Gasteiger partial charge on any atom is -0.409 e. The fraction of sp³-hybridized carbons (Fsp3) is 0.429. The first-order valence-electron chi connectivity index (χ1n) is 6.51. The van der Waals surface area contributed by atoms with Crippen molar-refractivity contribution in [1.29, 1.82) is 0 Å². The zero-order chi connectivity index (χ0) is 15.2. The Hall–Kier alpha value is -1.75. The van der Waals surface area contributed by atoms with E-state index in [1.165, 1.54) is 0 Å². The maximum Gasteiger partial charge on any atom is 0.234 e. The summed E-state index contributed by atoms with van der Waals surface area (Å²) < 4.78 is 0. The van der Waals surface area contributed by atoms with Gasteiger partial charge in [0.25, 0.3) is 0 Å². The summed E-state index contributed by atoms with van der Waals surface area (Å²) in [6.45, 7) is 4.01. The van der Waals surface area contributed by atoms with Crippen molar-refractivity contribution in [3.8, 4) is 0 Å². The minimum atomic E-state index is -0.979. The molecule has 0 aromatic heterocycles. The van der Waals surface area contributed by atoms with Gasteiger partial charge in [0.05, 0.1) is 0 Å². The molecule has 0 spiro atoms. The molecule has 1 amide bonds. The maximum absolute atomic E-state index is 12.4. The van der Waals surface area contributed by atoms with E-state index in [-0.39, 0.29) is 11.7 Å². The Kier molecular flexibility index (Phi) is 5.82. The van der Waals surface area contributed by atoms with Crippen LogP contribution in [0.25, 0.3) is 0 Å². The van der Waals surface area contributed by atoms with Gasteiger partial charge in [-0.3, -0.25) is 4.79 Å². The van der Waals surface area contributed by atoms with Crippen molar-refractivity contribution in [1.82, 2.24) is 5.32 Å². The van der Waals surface area contributed by atoms with Crippen molar-refractivity contribution in [2.45, 2.75) is 33.2 Å². The zero-order valence-electron chi connectivity index (χ0n) is 11.7. The van der Waals surface area contributed by atoms with Crippen molar-refractivity contribution in [2.75, 3.05) is 0 Å². The monoisotopic (exact) mass is 297 g/mol. The molecule has 0 radical (unpaired) electrons. The lowest BCUT2D eigenvalue weighted by molar-refractivity contribution is -0.128. The van der Waals surface area contributed by atoms with Crippen molar-refractivity contribution in [2.24, 2.45) is 16.3 Å². The standard InChI is InChI=1S/C14H20ClN3O2/c1-3-14(4-2,12(16)18-20)13(19)17-9-10-6-5-7-11(15)8-10/h5-8,20H,3-4,9H2,1-2H3,(H2,16,18)(H,17,19). The number of carbonyl (C=O) groups excluding carboxylic acids is 1. The Labute approximate surface area is 123 Å². The number of carbonyl (C=O) groups is 1. The molecule has 1 rings (SSSR count). The van der Waals surface area contributed by atoms with Crippen LogP contribution >= 0.6 is 11.6 Å². The van der Waals surface area contributed by atoms with Crippen LogP contribution in [0.15, 0.2) is 29.4 Å². The maximum atomic E-state index is 12.4. The molecule has 0 aliphatic heterocycles. The first-order valence-corrected chi connectivity index (χ1v) is 6.88. The first kappa shape index (κ1) is 16.3. The normalized spacial score (nSPS) is 12.2. The lowest BCUT2D eigenvalue weighted by atomic mass is 9.80. The highest BCUT2D eigenvalue weighted by Gasteiger charge is 2.39.